The zero-order chi connectivity index (χ0) is 24.3. The van der Waals surface area contributed by atoms with Crippen molar-refractivity contribution in [2.75, 3.05) is 0 Å². The predicted octanol–water partition coefficient (Wildman–Crippen LogP) is 5.69. The molecule has 2 heterocycles. The van der Waals surface area contributed by atoms with Gasteiger partial charge in [-0.2, -0.15) is 5.10 Å². The average Bonchev–Trinajstić information content (AvgIpc) is 3.58. The molecule has 2 aliphatic rings. The summed E-state index contributed by atoms with van der Waals surface area (Å²) >= 11 is 6.46. The Morgan fingerprint density at radius 3 is 2.65 bits per heavy atom. The van der Waals surface area contributed by atoms with Crippen LogP contribution in [0.3, 0.4) is 0 Å². The van der Waals surface area contributed by atoms with Crippen LogP contribution in [-0.4, -0.2) is 38.1 Å². The van der Waals surface area contributed by atoms with Gasteiger partial charge in [0.05, 0.1) is 12.2 Å². The summed E-state index contributed by atoms with van der Waals surface area (Å²) in [6.07, 6.45) is 8.52. The van der Waals surface area contributed by atoms with Crippen LogP contribution in [0.2, 0.25) is 5.02 Å². The molecule has 1 fully saturated rings. The molecular formula is C27H37ClN4O2. The Morgan fingerprint density at radius 1 is 1.21 bits per heavy atom. The molecule has 0 spiro atoms. The maximum absolute atomic E-state index is 13.9. The summed E-state index contributed by atoms with van der Waals surface area (Å²) in [5.74, 6) is 0.161. The number of unbranched alkanes of at least 4 members (excludes halogenated alkanes) is 2. The highest BCUT2D eigenvalue weighted by Crippen LogP contribution is 2.41. The molecule has 1 aliphatic heterocycles. The van der Waals surface area contributed by atoms with E-state index >= 15 is 0 Å². The summed E-state index contributed by atoms with van der Waals surface area (Å²) in [5.41, 5.74) is 1.30. The number of halogens is 1. The largest absolute Gasteiger partial charge is 0.351 e. The smallest absolute Gasteiger partial charge is 0.273 e. The molecule has 1 N–H and O–H groups in total. The van der Waals surface area contributed by atoms with Crippen LogP contribution in [0.25, 0.3) is 0 Å². The number of hydrogen-bond acceptors (Lipinski definition) is 3. The average molecular weight is 485 g/mol. The minimum absolute atomic E-state index is 0.110. The summed E-state index contributed by atoms with van der Waals surface area (Å²) in [6, 6.07) is 9.55. The van der Waals surface area contributed by atoms with E-state index in [0.717, 1.165) is 62.6 Å². The highest BCUT2D eigenvalue weighted by atomic mass is 35.5. The number of fused-ring (bicyclic) bond motifs is 1. The zero-order valence-corrected chi connectivity index (χ0v) is 21.4. The van der Waals surface area contributed by atoms with Gasteiger partial charge in [-0.15, -0.1) is 0 Å². The molecule has 1 aromatic heterocycles. The van der Waals surface area contributed by atoms with Crippen molar-refractivity contribution in [3.05, 3.63) is 52.3 Å². The van der Waals surface area contributed by atoms with Gasteiger partial charge in [-0.3, -0.25) is 14.3 Å². The van der Waals surface area contributed by atoms with Crippen LogP contribution < -0.4 is 5.32 Å². The van der Waals surface area contributed by atoms with E-state index in [1.165, 1.54) is 0 Å². The molecule has 1 aliphatic carbocycles. The number of carbonyl (C=O) groups excluding carboxylic acids is 2. The van der Waals surface area contributed by atoms with Crippen molar-refractivity contribution < 1.29 is 9.59 Å². The first-order chi connectivity index (χ1) is 16.4. The van der Waals surface area contributed by atoms with Crippen LogP contribution in [0.1, 0.15) is 99.8 Å². The topological polar surface area (TPSA) is 67.2 Å². The number of benzene rings is 1. The van der Waals surface area contributed by atoms with E-state index in [0.29, 0.717) is 23.2 Å². The van der Waals surface area contributed by atoms with Crippen LogP contribution in [-0.2, 0) is 17.9 Å². The van der Waals surface area contributed by atoms with Gasteiger partial charge in [0, 0.05) is 23.5 Å². The van der Waals surface area contributed by atoms with Crippen molar-refractivity contribution in [1.29, 1.82) is 0 Å². The van der Waals surface area contributed by atoms with Crippen LogP contribution in [0.5, 0.6) is 0 Å². The van der Waals surface area contributed by atoms with Gasteiger partial charge in [0.15, 0.2) is 0 Å². The Hall–Kier alpha value is -2.34. The van der Waals surface area contributed by atoms with Gasteiger partial charge in [-0.05, 0) is 50.3 Å². The third kappa shape index (κ3) is 5.17. The minimum Gasteiger partial charge on any atom is -0.351 e. The van der Waals surface area contributed by atoms with Gasteiger partial charge in [0.1, 0.15) is 11.2 Å². The maximum atomic E-state index is 13.9. The monoisotopic (exact) mass is 484 g/mol. The molecule has 7 heteroatoms. The summed E-state index contributed by atoms with van der Waals surface area (Å²) in [6.45, 7) is 6.81. The van der Waals surface area contributed by atoms with Gasteiger partial charge < -0.3 is 10.2 Å². The van der Waals surface area contributed by atoms with E-state index in [-0.39, 0.29) is 24.4 Å². The van der Waals surface area contributed by atoms with Gasteiger partial charge in [0.2, 0.25) is 5.91 Å². The maximum Gasteiger partial charge on any atom is 0.273 e. The Balaban J connectivity index is 1.64. The molecule has 6 nitrogen and oxygen atoms in total. The summed E-state index contributed by atoms with van der Waals surface area (Å²) < 4.78 is 1.75. The zero-order valence-electron chi connectivity index (χ0n) is 20.6. The number of nitrogens with zero attached hydrogens (tertiary/aromatic N) is 3. The lowest BCUT2D eigenvalue weighted by Gasteiger charge is -2.44. The molecule has 2 unspecified atom stereocenters. The standard InChI is InChI=1S/C27H37ClN4O2/c1-4-6-7-12-21(10-5-2)29-26(34)27(3)18-32-24(16-23(30-32)19-14-15-19)25(33)31(27)17-20-11-8-9-13-22(20)28/h8-9,11,13,16,19,21H,4-7,10,12,14-15,17-18H2,1-3H3,(H,29,34). The Morgan fingerprint density at radius 2 is 1.97 bits per heavy atom. The van der Waals surface area contributed by atoms with Crippen molar-refractivity contribution in [1.82, 2.24) is 20.0 Å². The summed E-state index contributed by atoms with van der Waals surface area (Å²) in [7, 11) is 0. The van der Waals surface area contributed by atoms with Crippen LogP contribution in [0.4, 0.5) is 0 Å². The number of hydrogen-bond donors (Lipinski definition) is 1. The van der Waals surface area contributed by atoms with Gasteiger partial charge in [0.25, 0.3) is 5.91 Å². The fourth-order valence-electron chi connectivity index (χ4n) is 4.90. The normalized spacial score (nSPS) is 20.8. The molecule has 2 aromatic rings. The highest BCUT2D eigenvalue weighted by molar-refractivity contribution is 6.31. The highest BCUT2D eigenvalue weighted by Gasteiger charge is 2.49. The molecule has 2 atom stereocenters. The van der Waals surface area contributed by atoms with E-state index in [9.17, 15) is 9.59 Å². The second kappa shape index (κ2) is 10.5. The Kier molecular flexibility index (Phi) is 7.66. The van der Waals surface area contributed by atoms with Gasteiger partial charge in [-0.1, -0.05) is 69.3 Å². The first-order valence-electron chi connectivity index (χ1n) is 12.8. The van der Waals surface area contributed by atoms with Crippen LogP contribution in [0, 0.1) is 0 Å². The number of carbonyl (C=O) groups is 2. The molecule has 0 saturated heterocycles. The molecule has 0 bridgehead atoms. The predicted molar refractivity (Wildman–Crippen MR) is 135 cm³/mol. The third-order valence-electron chi connectivity index (χ3n) is 7.22. The van der Waals surface area contributed by atoms with Crippen LogP contribution in [0.15, 0.2) is 30.3 Å². The van der Waals surface area contributed by atoms with Crippen molar-refractivity contribution in [2.45, 2.75) is 103 Å². The lowest BCUT2D eigenvalue weighted by molar-refractivity contribution is -0.134. The first kappa shape index (κ1) is 24.8. The van der Waals surface area contributed by atoms with Gasteiger partial charge >= 0.3 is 0 Å². The molecule has 4 rings (SSSR count). The summed E-state index contributed by atoms with van der Waals surface area (Å²) in [4.78, 5) is 29.3. The minimum atomic E-state index is -1.06. The second-order valence-corrected chi connectivity index (χ2v) is 10.5. The number of aromatic nitrogens is 2. The van der Waals surface area contributed by atoms with E-state index in [1.54, 1.807) is 9.58 Å². The third-order valence-corrected chi connectivity index (χ3v) is 7.58. The number of nitrogens with one attached hydrogen (secondary N) is 1. The van der Waals surface area contributed by atoms with E-state index < -0.39 is 5.54 Å². The first-order valence-corrected chi connectivity index (χ1v) is 13.2. The van der Waals surface area contributed by atoms with Crippen molar-refractivity contribution in [3.8, 4) is 0 Å². The molecule has 184 valence electrons. The SMILES string of the molecule is CCCCCC(CCC)NC(=O)C1(C)Cn2nc(C3CC3)cc2C(=O)N1Cc1ccccc1Cl. The Labute approximate surface area is 208 Å². The van der Waals surface area contributed by atoms with Crippen molar-refractivity contribution >= 4 is 23.4 Å². The number of rotatable bonds is 11. The molecule has 1 aromatic carbocycles. The quantitative estimate of drug-likeness (QED) is 0.416. The lowest BCUT2D eigenvalue weighted by atomic mass is 9.92. The second-order valence-electron chi connectivity index (χ2n) is 10.1. The summed E-state index contributed by atoms with van der Waals surface area (Å²) in [5, 5.41) is 8.64. The Bertz CT molecular complexity index is 1030. The fraction of sp³-hybridized carbons (Fsp3) is 0.593. The molecule has 1 saturated carbocycles. The van der Waals surface area contributed by atoms with E-state index in [2.05, 4.69) is 19.2 Å². The molecular weight excluding hydrogens is 448 g/mol. The van der Waals surface area contributed by atoms with E-state index in [1.807, 2.05) is 37.3 Å². The molecule has 0 radical (unpaired) electrons. The van der Waals surface area contributed by atoms with Crippen LogP contribution >= 0.6 is 11.6 Å². The lowest BCUT2D eigenvalue weighted by Crippen LogP contribution is -2.64. The van der Waals surface area contributed by atoms with Crippen molar-refractivity contribution in [3.63, 3.8) is 0 Å². The molecule has 34 heavy (non-hydrogen) atoms. The number of amides is 2. The molecule has 2 amide bonds. The fourth-order valence-corrected chi connectivity index (χ4v) is 5.10. The van der Waals surface area contributed by atoms with Crippen molar-refractivity contribution in [2.24, 2.45) is 0 Å². The van der Waals surface area contributed by atoms with Gasteiger partial charge in [-0.25, -0.2) is 0 Å². The van der Waals surface area contributed by atoms with E-state index in [4.69, 9.17) is 16.7 Å².